The molecule has 1 heterocycles. The van der Waals surface area contributed by atoms with Crippen molar-refractivity contribution in [2.24, 2.45) is 0 Å². The minimum absolute atomic E-state index is 0.306. The van der Waals surface area contributed by atoms with E-state index in [1.807, 2.05) is 0 Å². The molecular formula is C14H12N6. The van der Waals surface area contributed by atoms with Gasteiger partial charge in [0.15, 0.2) is 5.82 Å². The van der Waals surface area contributed by atoms with Crippen LogP contribution in [0.15, 0.2) is 24.3 Å². The van der Waals surface area contributed by atoms with Gasteiger partial charge in [-0.15, -0.1) is 5.10 Å². The number of hydrogen-bond donors (Lipinski definition) is 2. The van der Waals surface area contributed by atoms with E-state index in [0.717, 1.165) is 18.5 Å². The molecule has 6 heteroatoms. The zero-order valence-corrected chi connectivity index (χ0v) is 10.7. The molecule has 3 rings (SSSR count). The van der Waals surface area contributed by atoms with Gasteiger partial charge in [-0.05, 0) is 37.1 Å². The maximum absolute atomic E-state index is 9.21. The Balaban J connectivity index is 2.02. The summed E-state index contributed by atoms with van der Waals surface area (Å²) in [6.07, 6.45) is 2.18. The zero-order valence-electron chi connectivity index (χ0n) is 10.7. The average Bonchev–Trinajstić information content (AvgIpc) is 3.23. The number of anilines is 2. The van der Waals surface area contributed by atoms with Gasteiger partial charge < -0.3 is 11.1 Å². The summed E-state index contributed by atoms with van der Waals surface area (Å²) in [6.45, 7) is 0. The van der Waals surface area contributed by atoms with Crippen LogP contribution in [0.2, 0.25) is 0 Å². The monoisotopic (exact) mass is 264 g/mol. The molecule has 1 saturated carbocycles. The Labute approximate surface area is 116 Å². The third-order valence-electron chi connectivity index (χ3n) is 3.19. The Morgan fingerprint density at radius 2 is 1.90 bits per heavy atom. The second kappa shape index (κ2) is 4.60. The molecule has 3 N–H and O–H groups in total. The lowest BCUT2D eigenvalue weighted by Gasteiger charge is -2.03. The number of aromatic nitrogens is 2. The van der Waals surface area contributed by atoms with Gasteiger partial charge >= 0.3 is 0 Å². The number of benzene rings is 1. The highest BCUT2D eigenvalue weighted by Gasteiger charge is 2.25. The third-order valence-corrected chi connectivity index (χ3v) is 3.19. The Hall–Kier alpha value is -2.99. The van der Waals surface area contributed by atoms with Crippen molar-refractivity contribution in [1.29, 1.82) is 10.5 Å². The number of nitrogens with two attached hydrogens (primary N) is 1. The van der Waals surface area contributed by atoms with Crippen molar-refractivity contribution >= 4 is 11.6 Å². The summed E-state index contributed by atoms with van der Waals surface area (Å²) in [5.41, 5.74) is 7.64. The van der Waals surface area contributed by atoms with Gasteiger partial charge in [0.1, 0.15) is 17.5 Å². The molecule has 1 fully saturated rings. The van der Waals surface area contributed by atoms with Gasteiger partial charge in [-0.1, -0.05) is 0 Å². The quantitative estimate of drug-likeness (QED) is 0.879. The summed E-state index contributed by atoms with van der Waals surface area (Å²) in [5.74, 6) is 0.831. The summed E-state index contributed by atoms with van der Waals surface area (Å²) in [7, 11) is 0. The first-order valence-corrected chi connectivity index (χ1v) is 6.28. The van der Waals surface area contributed by atoms with Gasteiger partial charge in [0.2, 0.25) is 0 Å². The molecule has 6 nitrogen and oxygen atoms in total. The normalized spacial score (nSPS) is 13.5. The Morgan fingerprint density at radius 1 is 1.20 bits per heavy atom. The van der Waals surface area contributed by atoms with Gasteiger partial charge in [-0.2, -0.15) is 10.5 Å². The zero-order chi connectivity index (χ0) is 14.1. The molecule has 1 aliphatic carbocycles. The fourth-order valence-corrected chi connectivity index (χ4v) is 1.94. The molecule has 0 saturated heterocycles. The molecule has 0 radical (unpaired) electrons. The molecule has 2 aromatic rings. The highest BCUT2D eigenvalue weighted by atomic mass is 15.4. The van der Waals surface area contributed by atoms with Crippen LogP contribution in [-0.2, 0) is 0 Å². The van der Waals surface area contributed by atoms with Crippen LogP contribution in [0.5, 0.6) is 0 Å². The van der Waals surface area contributed by atoms with Gasteiger partial charge in [-0.3, -0.25) is 0 Å². The van der Waals surface area contributed by atoms with Crippen LogP contribution in [0.3, 0.4) is 0 Å². The molecule has 0 bridgehead atoms. The van der Waals surface area contributed by atoms with Gasteiger partial charge in [-0.25, -0.2) is 4.68 Å². The van der Waals surface area contributed by atoms with Gasteiger partial charge in [0.05, 0.1) is 17.3 Å². The second-order valence-corrected chi connectivity index (χ2v) is 4.71. The van der Waals surface area contributed by atoms with Crippen LogP contribution < -0.4 is 11.1 Å². The minimum Gasteiger partial charge on any atom is -0.382 e. The van der Waals surface area contributed by atoms with Crippen molar-refractivity contribution in [3.05, 3.63) is 35.4 Å². The lowest BCUT2D eigenvalue weighted by atomic mass is 10.2. The second-order valence-electron chi connectivity index (χ2n) is 4.71. The summed E-state index contributed by atoms with van der Waals surface area (Å²) in [6, 6.07) is 11.4. The highest BCUT2D eigenvalue weighted by molar-refractivity contribution is 5.66. The van der Waals surface area contributed by atoms with Gasteiger partial charge in [0.25, 0.3) is 0 Å². The first-order valence-electron chi connectivity index (χ1n) is 6.28. The van der Waals surface area contributed by atoms with Crippen molar-refractivity contribution in [2.75, 3.05) is 11.1 Å². The summed E-state index contributed by atoms with van der Waals surface area (Å²) < 4.78 is 1.52. The molecule has 0 spiro atoms. The minimum atomic E-state index is 0.306. The Morgan fingerprint density at radius 3 is 2.45 bits per heavy atom. The van der Waals surface area contributed by atoms with E-state index < -0.39 is 0 Å². The fraction of sp³-hybridized carbons (Fsp3) is 0.214. The van der Waals surface area contributed by atoms with E-state index in [1.165, 1.54) is 4.68 Å². The topological polar surface area (TPSA) is 103 Å². The Kier molecular flexibility index (Phi) is 2.77. The van der Waals surface area contributed by atoms with Crippen molar-refractivity contribution in [3.8, 4) is 17.8 Å². The molecule has 0 amide bonds. The molecule has 0 unspecified atom stereocenters. The number of rotatable bonds is 3. The van der Waals surface area contributed by atoms with E-state index in [4.69, 9.17) is 11.0 Å². The predicted molar refractivity (Wildman–Crippen MR) is 74.1 cm³/mol. The number of nitrogens with zero attached hydrogens (tertiary/aromatic N) is 4. The molecule has 1 aromatic heterocycles. The van der Waals surface area contributed by atoms with Crippen molar-refractivity contribution in [3.63, 3.8) is 0 Å². The van der Waals surface area contributed by atoms with Crippen molar-refractivity contribution < 1.29 is 0 Å². The van der Waals surface area contributed by atoms with E-state index in [-0.39, 0.29) is 0 Å². The third kappa shape index (κ3) is 2.04. The van der Waals surface area contributed by atoms with Crippen LogP contribution in [0.1, 0.15) is 24.0 Å². The van der Waals surface area contributed by atoms with E-state index in [0.29, 0.717) is 28.8 Å². The molecule has 20 heavy (non-hydrogen) atoms. The average molecular weight is 264 g/mol. The highest BCUT2D eigenvalue weighted by Crippen LogP contribution is 2.29. The van der Waals surface area contributed by atoms with Crippen molar-refractivity contribution in [2.45, 2.75) is 18.9 Å². The smallest absolute Gasteiger partial charge is 0.168 e. The molecule has 0 aliphatic heterocycles. The first kappa shape index (κ1) is 12.1. The molecule has 1 aliphatic rings. The number of nitriles is 2. The summed E-state index contributed by atoms with van der Waals surface area (Å²) in [5, 5.41) is 25.6. The van der Waals surface area contributed by atoms with E-state index in [9.17, 15) is 5.26 Å². The molecule has 0 atom stereocenters. The fourth-order valence-electron chi connectivity index (χ4n) is 1.94. The maximum atomic E-state index is 9.21. The van der Waals surface area contributed by atoms with Crippen LogP contribution >= 0.6 is 0 Å². The largest absolute Gasteiger partial charge is 0.382 e. The van der Waals surface area contributed by atoms with Crippen LogP contribution in [0, 0.1) is 22.7 Å². The molecular weight excluding hydrogens is 252 g/mol. The Bertz CT molecular complexity index is 725. The first-order chi connectivity index (χ1) is 9.72. The molecule has 98 valence electrons. The van der Waals surface area contributed by atoms with Crippen molar-refractivity contribution in [1.82, 2.24) is 9.78 Å². The van der Waals surface area contributed by atoms with E-state index in [2.05, 4.69) is 22.6 Å². The van der Waals surface area contributed by atoms with E-state index >= 15 is 0 Å². The summed E-state index contributed by atoms with van der Waals surface area (Å²) >= 11 is 0. The van der Waals surface area contributed by atoms with Crippen LogP contribution in [0.4, 0.5) is 11.6 Å². The number of hydrogen-bond acceptors (Lipinski definition) is 5. The predicted octanol–water partition coefficient (Wildman–Crippen LogP) is 1.77. The van der Waals surface area contributed by atoms with Crippen LogP contribution in [-0.4, -0.2) is 15.8 Å². The molecule has 1 aromatic carbocycles. The lowest BCUT2D eigenvalue weighted by molar-refractivity contribution is 0.887. The standard InChI is InChI=1S/C14H12N6/c15-7-9-1-5-11(6-2-9)20-13(17)12(8-16)14(19-20)18-10-3-4-10/h1-2,5-6,10H,3-4,17H2,(H,18,19). The summed E-state index contributed by atoms with van der Waals surface area (Å²) in [4.78, 5) is 0. The maximum Gasteiger partial charge on any atom is 0.168 e. The number of nitrogen functional groups attached to an aromatic ring is 1. The van der Waals surface area contributed by atoms with Crippen LogP contribution in [0.25, 0.3) is 5.69 Å². The van der Waals surface area contributed by atoms with E-state index in [1.54, 1.807) is 24.3 Å². The number of nitrogens with one attached hydrogen (secondary N) is 1. The lowest BCUT2D eigenvalue weighted by Crippen LogP contribution is -2.04. The SMILES string of the molecule is N#Cc1ccc(-n2nc(NC3CC3)c(C#N)c2N)cc1. The van der Waals surface area contributed by atoms with Gasteiger partial charge in [0, 0.05) is 6.04 Å².